The van der Waals surface area contributed by atoms with E-state index in [0.29, 0.717) is 0 Å². The first kappa shape index (κ1) is 29.7. The van der Waals surface area contributed by atoms with Crippen molar-refractivity contribution < 1.29 is 18.9 Å². The number of methoxy groups -OCH3 is 2. The van der Waals surface area contributed by atoms with E-state index >= 15 is 0 Å². The van der Waals surface area contributed by atoms with Crippen molar-refractivity contribution in [2.45, 2.75) is 0 Å². The summed E-state index contributed by atoms with van der Waals surface area (Å²) in [7, 11) is 3.27. The van der Waals surface area contributed by atoms with E-state index in [-0.39, 0.29) is 13.6 Å². The SMILES string of the molecule is COCOc1ccc2cc(-c3cccc4ccccc34)ccc2c1-c1c(OCOC)ccc2cc(-c3cccc4ccccc34)ccc12. The second-order valence-electron chi connectivity index (χ2n) is 11.9. The quantitative estimate of drug-likeness (QED) is 0.149. The molecule has 0 amide bonds. The molecule has 0 atom stereocenters. The van der Waals surface area contributed by atoms with Crippen LogP contribution < -0.4 is 9.47 Å². The molecule has 234 valence electrons. The van der Waals surface area contributed by atoms with Gasteiger partial charge in [0.05, 0.1) is 0 Å². The smallest absolute Gasteiger partial charge is 0.188 e. The Labute approximate surface area is 279 Å². The Bertz CT molecular complexity index is 2260. The second-order valence-corrected chi connectivity index (χ2v) is 11.9. The van der Waals surface area contributed by atoms with Crippen molar-refractivity contribution in [3.63, 3.8) is 0 Å². The van der Waals surface area contributed by atoms with Crippen molar-refractivity contribution in [3.05, 3.63) is 146 Å². The number of hydrogen-bond acceptors (Lipinski definition) is 4. The Morgan fingerprint density at radius 1 is 0.375 bits per heavy atom. The van der Waals surface area contributed by atoms with Gasteiger partial charge in [0.25, 0.3) is 0 Å². The summed E-state index contributed by atoms with van der Waals surface area (Å²) in [6.07, 6.45) is 0. The van der Waals surface area contributed by atoms with E-state index in [2.05, 4.69) is 133 Å². The van der Waals surface area contributed by atoms with Crippen LogP contribution in [0.25, 0.3) is 76.5 Å². The molecule has 0 saturated heterocycles. The molecule has 0 heterocycles. The number of fused-ring (bicyclic) bond motifs is 4. The minimum Gasteiger partial charge on any atom is -0.467 e. The van der Waals surface area contributed by atoms with Gasteiger partial charge in [-0.15, -0.1) is 0 Å². The Kier molecular flexibility index (Phi) is 7.95. The molecule has 0 bridgehead atoms. The third-order valence-corrected chi connectivity index (χ3v) is 9.08. The Hall–Kier alpha value is -5.68. The number of hydrogen-bond donors (Lipinski definition) is 0. The van der Waals surface area contributed by atoms with Gasteiger partial charge in [-0.05, 0) is 89.6 Å². The molecule has 0 aliphatic rings. The monoisotopic (exact) mass is 626 g/mol. The summed E-state index contributed by atoms with van der Waals surface area (Å²) < 4.78 is 23.3. The topological polar surface area (TPSA) is 36.9 Å². The zero-order valence-corrected chi connectivity index (χ0v) is 26.9. The first-order valence-corrected chi connectivity index (χ1v) is 16.1. The van der Waals surface area contributed by atoms with Gasteiger partial charge in [0.15, 0.2) is 13.6 Å². The summed E-state index contributed by atoms with van der Waals surface area (Å²) in [4.78, 5) is 0. The molecule has 0 aromatic heterocycles. The molecule has 0 fully saturated rings. The third kappa shape index (κ3) is 5.31. The van der Waals surface area contributed by atoms with Gasteiger partial charge in [-0.3, -0.25) is 0 Å². The zero-order valence-electron chi connectivity index (χ0n) is 26.9. The predicted molar refractivity (Wildman–Crippen MR) is 198 cm³/mol. The van der Waals surface area contributed by atoms with Crippen LogP contribution in [-0.4, -0.2) is 27.8 Å². The third-order valence-electron chi connectivity index (χ3n) is 9.08. The molecule has 0 unspecified atom stereocenters. The fourth-order valence-electron chi connectivity index (χ4n) is 6.91. The molecule has 0 aliphatic carbocycles. The van der Waals surface area contributed by atoms with Crippen molar-refractivity contribution in [2.75, 3.05) is 27.8 Å². The molecule has 4 heteroatoms. The van der Waals surface area contributed by atoms with Crippen molar-refractivity contribution in [1.82, 2.24) is 0 Å². The fraction of sp³-hybridized carbons (Fsp3) is 0.0909. The van der Waals surface area contributed by atoms with Crippen LogP contribution >= 0.6 is 0 Å². The molecule has 4 nitrogen and oxygen atoms in total. The van der Waals surface area contributed by atoms with Crippen molar-refractivity contribution in [2.24, 2.45) is 0 Å². The van der Waals surface area contributed by atoms with Crippen LogP contribution in [0.5, 0.6) is 11.5 Å². The van der Waals surface area contributed by atoms with Crippen LogP contribution in [-0.2, 0) is 9.47 Å². The van der Waals surface area contributed by atoms with Crippen molar-refractivity contribution in [3.8, 4) is 44.9 Å². The molecule has 48 heavy (non-hydrogen) atoms. The standard InChI is InChI=1S/C44H34O4/c1-45-27-47-41-23-19-33-25-31(37-15-7-11-29-9-3-5-13-35(29)37)17-21-39(33)43(41)44-40-22-18-32(26-34(40)20-24-42(44)48-28-46-2)38-16-8-12-30-10-4-6-14-36(30)38/h3-26H,27-28H2,1-2H3. The number of ether oxygens (including phenoxy) is 4. The average molecular weight is 627 g/mol. The van der Waals surface area contributed by atoms with Gasteiger partial charge in [0.2, 0.25) is 0 Å². The van der Waals surface area contributed by atoms with E-state index in [0.717, 1.165) is 55.3 Å². The molecule has 0 aliphatic heterocycles. The van der Waals surface area contributed by atoms with Gasteiger partial charge >= 0.3 is 0 Å². The first-order chi connectivity index (χ1) is 23.7. The molecule has 8 aromatic carbocycles. The maximum Gasteiger partial charge on any atom is 0.188 e. The summed E-state index contributed by atoms with van der Waals surface area (Å²) in [6.45, 7) is 0.244. The van der Waals surface area contributed by atoms with E-state index in [9.17, 15) is 0 Å². The average Bonchev–Trinajstić information content (AvgIpc) is 3.15. The number of rotatable bonds is 9. The maximum absolute atomic E-state index is 6.26. The van der Waals surface area contributed by atoms with E-state index in [1.54, 1.807) is 14.2 Å². The van der Waals surface area contributed by atoms with Gasteiger partial charge in [0.1, 0.15) is 11.5 Å². The Morgan fingerprint density at radius 3 is 1.27 bits per heavy atom. The molecule has 0 N–H and O–H groups in total. The first-order valence-electron chi connectivity index (χ1n) is 16.1. The Morgan fingerprint density at radius 2 is 0.812 bits per heavy atom. The second kappa shape index (κ2) is 12.8. The summed E-state index contributed by atoms with van der Waals surface area (Å²) in [5.74, 6) is 1.44. The zero-order chi connectivity index (χ0) is 32.5. The molecule has 8 rings (SSSR count). The lowest BCUT2D eigenvalue weighted by Crippen LogP contribution is -2.04. The maximum atomic E-state index is 6.26. The van der Waals surface area contributed by atoms with Gasteiger partial charge in [-0.1, -0.05) is 121 Å². The summed E-state index contributed by atoms with van der Waals surface area (Å²) in [6, 6.07) is 51.6. The summed E-state index contributed by atoms with van der Waals surface area (Å²) in [5, 5.41) is 9.21. The van der Waals surface area contributed by atoms with Gasteiger partial charge < -0.3 is 18.9 Å². The molecule has 0 saturated carbocycles. The Balaban J connectivity index is 1.36. The molecular formula is C44H34O4. The molecule has 0 spiro atoms. The van der Waals surface area contributed by atoms with E-state index < -0.39 is 0 Å². The molecule has 0 radical (unpaired) electrons. The van der Waals surface area contributed by atoms with E-state index in [1.165, 1.54) is 32.7 Å². The largest absolute Gasteiger partial charge is 0.467 e. The van der Waals surface area contributed by atoms with Gasteiger partial charge in [-0.25, -0.2) is 0 Å². The lowest BCUT2D eigenvalue weighted by molar-refractivity contribution is 0.0502. The highest BCUT2D eigenvalue weighted by molar-refractivity contribution is 6.12. The van der Waals surface area contributed by atoms with Gasteiger partial charge in [0, 0.05) is 25.3 Å². The highest BCUT2D eigenvalue weighted by atomic mass is 16.7. The van der Waals surface area contributed by atoms with Crippen molar-refractivity contribution in [1.29, 1.82) is 0 Å². The lowest BCUT2D eigenvalue weighted by atomic mass is 9.89. The van der Waals surface area contributed by atoms with Crippen molar-refractivity contribution >= 4 is 43.1 Å². The van der Waals surface area contributed by atoms with Crippen LogP contribution in [0, 0.1) is 0 Å². The van der Waals surface area contributed by atoms with Crippen LogP contribution in [0.1, 0.15) is 0 Å². The fourth-order valence-corrected chi connectivity index (χ4v) is 6.91. The normalized spacial score (nSPS) is 11.5. The van der Waals surface area contributed by atoms with Crippen LogP contribution in [0.2, 0.25) is 0 Å². The van der Waals surface area contributed by atoms with E-state index in [1.807, 2.05) is 12.1 Å². The lowest BCUT2D eigenvalue weighted by Gasteiger charge is -2.20. The van der Waals surface area contributed by atoms with Crippen LogP contribution in [0.4, 0.5) is 0 Å². The van der Waals surface area contributed by atoms with Crippen LogP contribution in [0.15, 0.2) is 146 Å². The minimum absolute atomic E-state index is 0.122. The minimum atomic E-state index is 0.122. The summed E-state index contributed by atoms with van der Waals surface area (Å²) >= 11 is 0. The summed E-state index contributed by atoms with van der Waals surface area (Å²) in [5.41, 5.74) is 6.61. The highest BCUT2D eigenvalue weighted by Crippen LogP contribution is 2.47. The number of benzene rings is 8. The molecule has 8 aromatic rings. The van der Waals surface area contributed by atoms with Crippen LogP contribution in [0.3, 0.4) is 0 Å². The molecular weight excluding hydrogens is 592 g/mol. The van der Waals surface area contributed by atoms with Gasteiger partial charge in [-0.2, -0.15) is 0 Å². The predicted octanol–water partition coefficient (Wildman–Crippen LogP) is 11.3. The highest BCUT2D eigenvalue weighted by Gasteiger charge is 2.20. The van der Waals surface area contributed by atoms with E-state index in [4.69, 9.17) is 18.9 Å².